The first-order valence-corrected chi connectivity index (χ1v) is 10.9. The van der Waals surface area contributed by atoms with E-state index in [0.717, 1.165) is 17.5 Å². The first-order valence-electron chi connectivity index (χ1n) is 9.43. The smallest absolute Gasteiger partial charge is 0.338 e. The van der Waals surface area contributed by atoms with Crippen LogP contribution in [-0.2, 0) is 26.0 Å². The Labute approximate surface area is 171 Å². The third-order valence-corrected chi connectivity index (χ3v) is 5.72. The van der Waals surface area contributed by atoms with Crippen molar-refractivity contribution in [3.8, 4) is 0 Å². The average molecular weight is 419 g/mol. The Balaban J connectivity index is 2.03. The number of anilines is 1. The number of carbonyl (C=O) groups excluding carboxylic acids is 2. The zero-order valence-corrected chi connectivity index (χ0v) is 17.6. The van der Waals surface area contributed by atoms with Crippen molar-refractivity contribution in [2.75, 3.05) is 18.5 Å². The third-order valence-electron chi connectivity index (χ3n) is 4.26. The monoisotopic (exact) mass is 418 g/mol. The van der Waals surface area contributed by atoms with Crippen molar-refractivity contribution < 1.29 is 22.7 Å². The van der Waals surface area contributed by atoms with E-state index >= 15 is 0 Å². The van der Waals surface area contributed by atoms with Crippen molar-refractivity contribution in [1.82, 2.24) is 4.72 Å². The fourth-order valence-corrected chi connectivity index (χ4v) is 3.88. The Kier molecular flexibility index (Phi) is 7.92. The van der Waals surface area contributed by atoms with Gasteiger partial charge in [-0.2, -0.15) is 0 Å². The summed E-state index contributed by atoms with van der Waals surface area (Å²) in [6.07, 6.45) is 1.40. The Hall–Kier alpha value is -2.71. The molecule has 2 aromatic carbocycles. The van der Waals surface area contributed by atoms with Gasteiger partial charge in [0.05, 0.1) is 10.5 Å². The van der Waals surface area contributed by atoms with Gasteiger partial charge >= 0.3 is 5.97 Å². The van der Waals surface area contributed by atoms with E-state index in [-0.39, 0.29) is 10.5 Å². The number of amides is 1. The number of aryl methyl sites for hydroxylation is 2. The van der Waals surface area contributed by atoms with Crippen LogP contribution in [0, 0.1) is 6.92 Å². The van der Waals surface area contributed by atoms with Crippen LogP contribution < -0.4 is 10.0 Å². The van der Waals surface area contributed by atoms with Gasteiger partial charge in [-0.25, -0.2) is 17.9 Å². The first-order chi connectivity index (χ1) is 13.8. The van der Waals surface area contributed by atoms with Crippen LogP contribution >= 0.6 is 0 Å². The number of hydrogen-bond acceptors (Lipinski definition) is 5. The first kappa shape index (κ1) is 22.6. The molecule has 7 nitrogen and oxygen atoms in total. The molecule has 1 amide bonds. The highest BCUT2D eigenvalue weighted by molar-refractivity contribution is 7.89. The van der Waals surface area contributed by atoms with Crippen LogP contribution in [0.2, 0.25) is 0 Å². The average Bonchev–Trinajstić information content (AvgIpc) is 2.72. The molecule has 0 aliphatic heterocycles. The Bertz CT molecular complexity index is 986. The number of rotatable bonds is 9. The Morgan fingerprint density at radius 1 is 1.07 bits per heavy atom. The van der Waals surface area contributed by atoms with Crippen LogP contribution in [0.5, 0.6) is 0 Å². The van der Waals surface area contributed by atoms with E-state index in [4.69, 9.17) is 4.74 Å². The summed E-state index contributed by atoms with van der Waals surface area (Å²) in [4.78, 5) is 24.5. The second-order valence-corrected chi connectivity index (χ2v) is 8.28. The molecule has 0 heterocycles. The summed E-state index contributed by atoms with van der Waals surface area (Å²) in [5.41, 5.74) is 2.68. The summed E-state index contributed by atoms with van der Waals surface area (Å²) in [5, 5.41) is 2.77. The highest BCUT2D eigenvalue weighted by Gasteiger charge is 2.17. The maximum atomic E-state index is 12.3. The fourth-order valence-electron chi connectivity index (χ4n) is 2.70. The molecule has 2 N–H and O–H groups in total. The van der Waals surface area contributed by atoms with E-state index in [9.17, 15) is 18.0 Å². The highest BCUT2D eigenvalue weighted by atomic mass is 32.2. The zero-order chi connectivity index (χ0) is 21.4. The number of para-hydroxylation sites is 1. The molecule has 0 spiro atoms. The van der Waals surface area contributed by atoms with Crippen molar-refractivity contribution in [3.63, 3.8) is 0 Å². The van der Waals surface area contributed by atoms with E-state index in [1.54, 1.807) is 0 Å². The molecule has 0 fully saturated rings. The zero-order valence-electron chi connectivity index (χ0n) is 16.8. The van der Waals surface area contributed by atoms with Gasteiger partial charge in [-0.1, -0.05) is 38.1 Å². The molecule has 0 unspecified atom stereocenters. The summed E-state index contributed by atoms with van der Waals surface area (Å²) in [5.74, 6) is -1.23. The van der Waals surface area contributed by atoms with Crippen LogP contribution in [0.1, 0.15) is 41.8 Å². The predicted octanol–water partition coefficient (Wildman–Crippen LogP) is 3.04. The molecule has 156 valence electrons. The van der Waals surface area contributed by atoms with Gasteiger partial charge in [0.15, 0.2) is 6.61 Å². The van der Waals surface area contributed by atoms with Crippen LogP contribution in [0.25, 0.3) is 0 Å². The van der Waals surface area contributed by atoms with Crippen molar-refractivity contribution in [3.05, 3.63) is 59.2 Å². The number of sulfonamides is 1. The van der Waals surface area contributed by atoms with Gasteiger partial charge < -0.3 is 10.1 Å². The molecule has 0 saturated carbocycles. The number of hydrogen-bond donors (Lipinski definition) is 2. The lowest BCUT2D eigenvalue weighted by Crippen LogP contribution is -2.25. The van der Waals surface area contributed by atoms with E-state index in [1.807, 2.05) is 39.0 Å². The summed E-state index contributed by atoms with van der Waals surface area (Å²) < 4.78 is 31.9. The van der Waals surface area contributed by atoms with E-state index < -0.39 is 28.5 Å². The van der Waals surface area contributed by atoms with Gasteiger partial charge in [0.1, 0.15) is 0 Å². The lowest BCUT2D eigenvalue weighted by atomic mass is 10.1. The normalized spacial score (nSPS) is 11.1. The third kappa shape index (κ3) is 6.13. The van der Waals surface area contributed by atoms with Gasteiger partial charge in [-0.3, -0.25) is 4.79 Å². The molecule has 0 aliphatic rings. The van der Waals surface area contributed by atoms with Crippen LogP contribution in [0.3, 0.4) is 0 Å². The van der Waals surface area contributed by atoms with Gasteiger partial charge in [-0.15, -0.1) is 0 Å². The number of nitrogens with one attached hydrogen (secondary N) is 2. The summed E-state index contributed by atoms with van der Waals surface area (Å²) in [6.45, 7) is 5.55. The van der Waals surface area contributed by atoms with Crippen LogP contribution in [0.4, 0.5) is 5.69 Å². The van der Waals surface area contributed by atoms with E-state index in [1.165, 1.54) is 24.3 Å². The molecule has 0 aromatic heterocycles. The number of benzene rings is 2. The molecular weight excluding hydrogens is 392 g/mol. The van der Waals surface area contributed by atoms with Crippen molar-refractivity contribution in [2.45, 2.75) is 38.5 Å². The van der Waals surface area contributed by atoms with Crippen molar-refractivity contribution in [2.24, 2.45) is 0 Å². The number of carbonyl (C=O) groups is 2. The SMILES string of the molecule is CCCNS(=O)(=O)c1cccc(C(=O)OCC(=O)Nc2c(C)cccc2CC)c1. The number of ether oxygens (including phenoxy) is 1. The predicted molar refractivity (Wildman–Crippen MR) is 111 cm³/mol. The molecule has 0 radical (unpaired) electrons. The quantitative estimate of drug-likeness (QED) is 0.610. The van der Waals surface area contributed by atoms with E-state index in [0.29, 0.717) is 18.7 Å². The van der Waals surface area contributed by atoms with Crippen molar-refractivity contribution >= 4 is 27.6 Å². The molecular formula is C21H26N2O5S. The highest BCUT2D eigenvalue weighted by Crippen LogP contribution is 2.21. The molecule has 2 rings (SSSR count). The summed E-state index contributed by atoms with van der Waals surface area (Å²) >= 11 is 0. The van der Waals surface area contributed by atoms with Gasteiger partial charge in [-0.05, 0) is 49.1 Å². The van der Waals surface area contributed by atoms with Gasteiger partial charge in [0.2, 0.25) is 10.0 Å². The minimum atomic E-state index is -3.70. The summed E-state index contributed by atoms with van der Waals surface area (Å²) in [7, 11) is -3.70. The van der Waals surface area contributed by atoms with Crippen molar-refractivity contribution in [1.29, 1.82) is 0 Å². The van der Waals surface area contributed by atoms with Gasteiger partial charge in [0.25, 0.3) is 5.91 Å². The van der Waals surface area contributed by atoms with E-state index in [2.05, 4.69) is 10.0 Å². The lowest BCUT2D eigenvalue weighted by Gasteiger charge is -2.13. The molecule has 2 aromatic rings. The second kappa shape index (κ2) is 10.2. The lowest BCUT2D eigenvalue weighted by molar-refractivity contribution is -0.119. The van der Waals surface area contributed by atoms with Crippen LogP contribution in [0.15, 0.2) is 47.4 Å². The molecule has 0 atom stereocenters. The summed E-state index contributed by atoms with van der Waals surface area (Å²) in [6, 6.07) is 11.3. The minimum Gasteiger partial charge on any atom is -0.452 e. The molecule has 29 heavy (non-hydrogen) atoms. The maximum Gasteiger partial charge on any atom is 0.338 e. The topological polar surface area (TPSA) is 102 Å². The largest absolute Gasteiger partial charge is 0.452 e. The molecule has 8 heteroatoms. The number of esters is 1. The van der Waals surface area contributed by atoms with Crippen LogP contribution in [-0.4, -0.2) is 33.4 Å². The fraction of sp³-hybridized carbons (Fsp3) is 0.333. The Morgan fingerprint density at radius 2 is 1.79 bits per heavy atom. The van der Waals surface area contributed by atoms with Gasteiger partial charge in [0, 0.05) is 12.2 Å². The molecule has 0 saturated heterocycles. The minimum absolute atomic E-state index is 0.0302. The Morgan fingerprint density at radius 3 is 2.48 bits per heavy atom. The standard InChI is InChI=1S/C21H26N2O5S/c1-4-12-22-29(26,27)18-11-7-10-17(13-18)21(25)28-14-19(24)23-20-15(3)8-6-9-16(20)5-2/h6-11,13,22H,4-5,12,14H2,1-3H3,(H,23,24). The maximum absolute atomic E-state index is 12.3. The molecule has 0 aliphatic carbocycles. The molecule has 0 bridgehead atoms. The second-order valence-electron chi connectivity index (χ2n) is 6.51.